The van der Waals surface area contributed by atoms with Crippen molar-refractivity contribution in [2.24, 2.45) is 0 Å². The Balaban J connectivity index is 2.04. The lowest BCUT2D eigenvalue weighted by Gasteiger charge is -2.26. The van der Waals surface area contributed by atoms with Gasteiger partial charge in [-0.05, 0) is 57.0 Å². The second-order valence-corrected chi connectivity index (χ2v) is 6.12. The van der Waals surface area contributed by atoms with E-state index < -0.39 is 5.54 Å². The van der Waals surface area contributed by atoms with Crippen LogP contribution >= 0.6 is 0 Å². The fourth-order valence-electron chi connectivity index (χ4n) is 2.17. The van der Waals surface area contributed by atoms with Gasteiger partial charge in [-0.2, -0.15) is 0 Å². The quantitative estimate of drug-likeness (QED) is 0.859. The lowest BCUT2D eigenvalue weighted by atomic mass is 10.0. The normalized spacial score (nSPS) is 11.1. The highest BCUT2D eigenvalue weighted by Gasteiger charge is 2.27. The molecule has 0 saturated heterocycles. The second-order valence-electron chi connectivity index (χ2n) is 6.12. The zero-order valence-electron chi connectivity index (χ0n) is 13.7. The minimum atomic E-state index is -0.696. The fourth-order valence-corrected chi connectivity index (χ4v) is 2.17. The van der Waals surface area contributed by atoms with E-state index in [1.807, 2.05) is 69.3 Å². The van der Waals surface area contributed by atoms with Crippen LogP contribution in [0.5, 0.6) is 0 Å². The molecule has 2 rings (SSSR count). The van der Waals surface area contributed by atoms with Crippen LogP contribution in [0.2, 0.25) is 0 Å². The summed E-state index contributed by atoms with van der Waals surface area (Å²) >= 11 is 0. The molecular weight excluding hydrogens is 272 g/mol. The molecule has 22 heavy (non-hydrogen) atoms. The monoisotopic (exact) mass is 296 g/mol. The van der Waals surface area contributed by atoms with E-state index in [1.54, 1.807) is 0 Å². The van der Waals surface area contributed by atoms with Gasteiger partial charge < -0.3 is 10.6 Å². The van der Waals surface area contributed by atoms with Gasteiger partial charge in [0.15, 0.2) is 0 Å². The largest absolute Gasteiger partial charge is 0.372 e. The van der Waals surface area contributed by atoms with E-state index in [4.69, 9.17) is 0 Å². The summed E-state index contributed by atoms with van der Waals surface area (Å²) in [6, 6.07) is 16.0. The molecule has 1 amide bonds. The third kappa shape index (κ3) is 4.10. The summed E-state index contributed by atoms with van der Waals surface area (Å²) in [4.78, 5) is 12.5. The van der Waals surface area contributed by atoms with Gasteiger partial charge in [-0.1, -0.05) is 36.8 Å². The van der Waals surface area contributed by atoms with Crippen molar-refractivity contribution < 1.29 is 4.79 Å². The standard InChI is InChI=1S/C19H24N2O/c1-5-15-8-12-16(13-9-15)20-18(22)19(3,4)21-17-10-6-14(2)7-11-17/h6-13,21H,5H2,1-4H3,(H,20,22). The molecule has 0 fully saturated rings. The maximum absolute atomic E-state index is 12.5. The summed E-state index contributed by atoms with van der Waals surface area (Å²) < 4.78 is 0. The number of anilines is 2. The molecule has 0 atom stereocenters. The molecule has 0 spiro atoms. The number of carbonyl (C=O) groups is 1. The molecule has 0 bridgehead atoms. The van der Waals surface area contributed by atoms with E-state index in [9.17, 15) is 4.79 Å². The number of rotatable bonds is 5. The number of hydrogen-bond donors (Lipinski definition) is 2. The summed E-state index contributed by atoms with van der Waals surface area (Å²) in [5, 5.41) is 6.24. The van der Waals surface area contributed by atoms with Crippen LogP contribution in [0.4, 0.5) is 11.4 Å². The van der Waals surface area contributed by atoms with Crippen LogP contribution in [0.1, 0.15) is 31.9 Å². The van der Waals surface area contributed by atoms with Crippen molar-refractivity contribution in [3.8, 4) is 0 Å². The lowest BCUT2D eigenvalue weighted by molar-refractivity contribution is -0.119. The highest BCUT2D eigenvalue weighted by molar-refractivity contribution is 5.99. The van der Waals surface area contributed by atoms with Gasteiger partial charge in [-0.15, -0.1) is 0 Å². The Morgan fingerprint density at radius 3 is 2.05 bits per heavy atom. The van der Waals surface area contributed by atoms with Crippen LogP contribution < -0.4 is 10.6 Å². The van der Waals surface area contributed by atoms with Gasteiger partial charge in [0.05, 0.1) is 0 Å². The molecule has 0 radical (unpaired) electrons. The van der Waals surface area contributed by atoms with E-state index >= 15 is 0 Å². The number of nitrogens with one attached hydrogen (secondary N) is 2. The summed E-state index contributed by atoms with van der Waals surface area (Å²) in [5.41, 5.74) is 3.52. The highest BCUT2D eigenvalue weighted by Crippen LogP contribution is 2.18. The Morgan fingerprint density at radius 1 is 0.955 bits per heavy atom. The zero-order chi connectivity index (χ0) is 16.2. The van der Waals surface area contributed by atoms with E-state index in [0.717, 1.165) is 17.8 Å². The first-order valence-electron chi connectivity index (χ1n) is 7.66. The van der Waals surface area contributed by atoms with Crippen molar-refractivity contribution in [2.75, 3.05) is 10.6 Å². The average molecular weight is 296 g/mol. The second kappa shape index (κ2) is 6.65. The lowest BCUT2D eigenvalue weighted by Crippen LogP contribution is -2.44. The number of amides is 1. The number of aryl methyl sites for hydroxylation is 2. The molecule has 0 aromatic heterocycles. The Kier molecular flexibility index (Phi) is 4.86. The maximum atomic E-state index is 12.5. The van der Waals surface area contributed by atoms with Crippen LogP contribution in [-0.4, -0.2) is 11.4 Å². The molecule has 116 valence electrons. The van der Waals surface area contributed by atoms with Crippen molar-refractivity contribution in [1.82, 2.24) is 0 Å². The minimum absolute atomic E-state index is 0.0580. The van der Waals surface area contributed by atoms with Gasteiger partial charge in [0.25, 0.3) is 0 Å². The third-order valence-corrected chi connectivity index (χ3v) is 3.70. The Labute approximate surface area is 132 Å². The molecule has 3 heteroatoms. The smallest absolute Gasteiger partial charge is 0.249 e. The van der Waals surface area contributed by atoms with Gasteiger partial charge >= 0.3 is 0 Å². The van der Waals surface area contributed by atoms with Crippen LogP contribution in [0.25, 0.3) is 0 Å². The number of carbonyl (C=O) groups excluding carboxylic acids is 1. The Morgan fingerprint density at radius 2 is 1.50 bits per heavy atom. The summed E-state index contributed by atoms with van der Waals surface area (Å²) in [7, 11) is 0. The zero-order valence-corrected chi connectivity index (χ0v) is 13.7. The summed E-state index contributed by atoms with van der Waals surface area (Å²) in [6.07, 6.45) is 0.995. The topological polar surface area (TPSA) is 41.1 Å². The first kappa shape index (κ1) is 16.1. The number of hydrogen-bond acceptors (Lipinski definition) is 2. The van der Waals surface area contributed by atoms with Crippen LogP contribution in [0, 0.1) is 6.92 Å². The van der Waals surface area contributed by atoms with Gasteiger partial charge in [0.1, 0.15) is 5.54 Å². The van der Waals surface area contributed by atoms with E-state index in [2.05, 4.69) is 17.6 Å². The summed E-state index contributed by atoms with van der Waals surface area (Å²) in [6.45, 7) is 7.91. The number of benzene rings is 2. The Bertz CT molecular complexity index is 627. The van der Waals surface area contributed by atoms with Gasteiger partial charge in [0, 0.05) is 11.4 Å². The third-order valence-electron chi connectivity index (χ3n) is 3.70. The van der Waals surface area contributed by atoms with Crippen molar-refractivity contribution >= 4 is 17.3 Å². The molecule has 0 unspecified atom stereocenters. The van der Waals surface area contributed by atoms with Gasteiger partial charge in [-0.3, -0.25) is 4.79 Å². The molecule has 2 N–H and O–H groups in total. The molecule has 0 heterocycles. The fraction of sp³-hybridized carbons (Fsp3) is 0.316. The minimum Gasteiger partial charge on any atom is -0.372 e. The van der Waals surface area contributed by atoms with Crippen molar-refractivity contribution in [3.05, 3.63) is 59.7 Å². The first-order chi connectivity index (χ1) is 10.4. The molecule has 3 nitrogen and oxygen atoms in total. The molecule has 0 aliphatic carbocycles. The molecule has 2 aromatic carbocycles. The molecule has 0 aliphatic heterocycles. The SMILES string of the molecule is CCc1ccc(NC(=O)C(C)(C)Nc2ccc(C)cc2)cc1. The van der Waals surface area contributed by atoms with Crippen molar-refractivity contribution in [3.63, 3.8) is 0 Å². The van der Waals surface area contributed by atoms with Crippen molar-refractivity contribution in [2.45, 2.75) is 39.7 Å². The maximum Gasteiger partial charge on any atom is 0.249 e. The van der Waals surface area contributed by atoms with E-state index in [1.165, 1.54) is 11.1 Å². The van der Waals surface area contributed by atoms with Crippen molar-refractivity contribution in [1.29, 1.82) is 0 Å². The summed E-state index contributed by atoms with van der Waals surface area (Å²) in [5.74, 6) is -0.0580. The molecule has 0 aliphatic rings. The molecule has 2 aromatic rings. The predicted molar refractivity (Wildman–Crippen MR) is 93.3 cm³/mol. The highest BCUT2D eigenvalue weighted by atomic mass is 16.2. The molecular formula is C19H24N2O. The molecule has 0 saturated carbocycles. The van der Waals surface area contributed by atoms with E-state index in [0.29, 0.717) is 0 Å². The van der Waals surface area contributed by atoms with Gasteiger partial charge in [0.2, 0.25) is 5.91 Å². The first-order valence-corrected chi connectivity index (χ1v) is 7.66. The predicted octanol–water partition coefficient (Wildman–Crippen LogP) is 4.39. The van der Waals surface area contributed by atoms with Gasteiger partial charge in [-0.25, -0.2) is 0 Å². The Hall–Kier alpha value is -2.29. The van der Waals surface area contributed by atoms with Crippen LogP contribution in [0.15, 0.2) is 48.5 Å². The average Bonchev–Trinajstić information content (AvgIpc) is 2.50. The van der Waals surface area contributed by atoms with Crippen LogP contribution in [-0.2, 0) is 11.2 Å². The van der Waals surface area contributed by atoms with E-state index in [-0.39, 0.29) is 5.91 Å². The van der Waals surface area contributed by atoms with Crippen LogP contribution in [0.3, 0.4) is 0 Å².